The average Bonchev–Trinajstić information content (AvgIpc) is 2.67. The summed E-state index contributed by atoms with van der Waals surface area (Å²) in [6.07, 6.45) is 2.01. The van der Waals surface area contributed by atoms with E-state index in [4.69, 9.17) is 4.74 Å². The van der Waals surface area contributed by atoms with E-state index in [-0.39, 0.29) is 23.5 Å². The van der Waals surface area contributed by atoms with Crippen LogP contribution in [0.3, 0.4) is 0 Å². The van der Waals surface area contributed by atoms with Crippen LogP contribution in [0.1, 0.15) is 32.3 Å². The SMILES string of the molecule is C=C(C)C(=O)OCc1cc(-c2ccc([Si](C)(C)CCCC)c(F)c2F)ccc1O. The lowest BCUT2D eigenvalue weighted by molar-refractivity contribution is -0.140. The second kappa shape index (κ2) is 9.35. The molecule has 2 aromatic rings. The maximum absolute atomic E-state index is 14.9. The number of unbranched alkanes of at least 4 members (excludes halogenated alkanes) is 1. The maximum Gasteiger partial charge on any atom is 0.333 e. The molecule has 0 bridgehead atoms. The number of benzene rings is 2. The van der Waals surface area contributed by atoms with E-state index < -0.39 is 25.7 Å². The third kappa shape index (κ3) is 5.32. The zero-order valence-corrected chi connectivity index (χ0v) is 18.4. The van der Waals surface area contributed by atoms with Crippen molar-refractivity contribution in [2.24, 2.45) is 0 Å². The fourth-order valence-electron chi connectivity index (χ4n) is 3.18. The third-order valence-corrected chi connectivity index (χ3v) is 8.51. The summed E-state index contributed by atoms with van der Waals surface area (Å²) >= 11 is 0. The number of carbonyl (C=O) groups is 1. The van der Waals surface area contributed by atoms with Crippen LogP contribution >= 0.6 is 0 Å². The lowest BCUT2D eigenvalue weighted by Crippen LogP contribution is -2.43. The van der Waals surface area contributed by atoms with Crippen molar-refractivity contribution in [3.8, 4) is 16.9 Å². The molecule has 0 unspecified atom stereocenters. The molecular weight excluding hydrogens is 390 g/mol. The van der Waals surface area contributed by atoms with Crippen LogP contribution in [0.15, 0.2) is 42.5 Å². The number of aromatic hydroxyl groups is 1. The van der Waals surface area contributed by atoms with Crippen LogP contribution in [0, 0.1) is 11.6 Å². The number of carbonyl (C=O) groups excluding carboxylic acids is 1. The first-order chi connectivity index (χ1) is 13.6. The molecule has 0 aliphatic heterocycles. The van der Waals surface area contributed by atoms with Gasteiger partial charge in [-0.15, -0.1) is 0 Å². The van der Waals surface area contributed by atoms with Crippen LogP contribution in [0.4, 0.5) is 8.78 Å². The molecule has 2 aromatic carbocycles. The summed E-state index contributed by atoms with van der Waals surface area (Å²) in [5.74, 6) is -2.36. The number of phenols is 1. The van der Waals surface area contributed by atoms with Gasteiger partial charge in [0.2, 0.25) is 0 Å². The molecule has 6 heteroatoms. The van der Waals surface area contributed by atoms with E-state index in [1.165, 1.54) is 25.1 Å². The Hall–Kier alpha value is -2.47. The highest BCUT2D eigenvalue weighted by Crippen LogP contribution is 2.30. The van der Waals surface area contributed by atoms with Crippen LogP contribution in [0.5, 0.6) is 5.75 Å². The highest BCUT2D eigenvalue weighted by atomic mass is 28.3. The van der Waals surface area contributed by atoms with Crippen molar-refractivity contribution in [2.75, 3.05) is 0 Å². The zero-order valence-electron chi connectivity index (χ0n) is 17.4. The number of hydrogen-bond acceptors (Lipinski definition) is 3. The summed E-state index contributed by atoms with van der Waals surface area (Å²) < 4.78 is 34.9. The molecule has 0 aliphatic rings. The highest BCUT2D eigenvalue weighted by molar-refractivity contribution is 6.89. The lowest BCUT2D eigenvalue weighted by Gasteiger charge is -2.24. The van der Waals surface area contributed by atoms with E-state index in [1.807, 2.05) is 0 Å². The van der Waals surface area contributed by atoms with Gasteiger partial charge < -0.3 is 9.84 Å². The van der Waals surface area contributed by atoms with Gasteiger partial charge in [0.25, 0.3) is 0 Å². The molecule has 1 N–H and O–H groups in total. The standard InChI is InChI=1S/C23H28F2O3Si/c1-6-7-12-29(4,5)20-11-9-18(21(24)22(20)25)16-8-10-19(26)17(13-16)14-28-23(27)15(2)3/h8-11,13,26H,2,6-7,12,14H2,1,3-5H3. The van der Waals surface area contributed by atoms with Gasteiger partial charge in [0, 0.05) is 16.7 Å². The summed E-state index contributed by atoms with van der Waals surface area (Å²) in [6, 6.07) is 8.56. The largest absolute Gasteiger partial charge is 0.508 e. The Morgan fingerprint density at radius 3 is 2.48 bits per heavy atom. The molecule has 0 saturated heterocycles. The summed E-state index contributed by atoms with van der Waals surface area (Å²) in [4.78, 5) is 11.6. The van der Waals surface area contributed by atoms with Crippen LogP contribution in [-0.2, 0) is 16.1 Å². The Labute approximate surface area is 172 Å². The van der Waals surface area contributed by atoms with Gasteiger partial charge >= 0.3 is 5.97 Å². The fourth-order valence-corrected chi connectivity index (χ4v) is 5.93. The number of rotatable bonds is 8. The van der Waals surface area contributed by atoms with Gasteiger partial charge in [-0.1, -0.05) is 63.7 Å². The van der Waals surface area contributed by atoms with Gasteiger partial charge in [-0.25, -0.2) is 13.6 Å². The van der Waals surface area contributed by atoms with E-state index in [0.717, 1.165) is 18.9 Å². The monoisotopic (exact) mass is 418 g/mol. The molecule has 0 amide bonds. The van der Waals surface area contributed by atoms with Gasteiger partial charge in [0.05, 0.1) is 8.07 Å². The van der Waals surface area contributed by atoms with Crippen molar-refractivity contribution >= 4 is 19.2 Å². The molecule has 0 spiro atoms. The number of hydrogen-bond donors (Lipinski definition) is 1. The molecule has 0 saturated carbocycles. The van der Waals surface area contributed by atoms with Gasteiger partial charge in [-0.2, -0.15) is 0 Å². The summed E-state index contributed by atoms with van der Waals surface area (Å²) in [5, 5.41) is 10.5. The minimum atomic E-state index is -2.08. The van der Waals surface area contributed by atoms with E-state index in [2.05, 4.69) is 26.6 Å². The molecule has 0 heterocycles. The van der Waals surface area contributed by atoms with E-state index >= 15 is 0 Å². The molecular formula is C23H28F2O3Si. The summed E-state index contributed by atoms with van der Waals surface area (Å²) in [7, 11) is -2.08. The molecule has 2 rings (SSSR count). The third-order valence-electron chi connectivity index (χ3n) is 5.06. The Morgan fingerprint density at radius 2 is 1.86 bits per heavy atom. The second-order valence-electron chi connectivity index (χ2n) is 7.98. The molecule has 156 valence electrons. The first-order valence-electron chi connectivity index (χ1n) is 9.71. The Morgan fingerprint density at radius 1 is 1.17 bits per heavy atom. The van der Waals surface area contributed by atoms with Crippen molar-refractivity contribution < 1.29 is 23.4 Å². The molecule has 0 aliphatic carbocycles. The first-order valence-corrected chi connectivity index (χ1v) is 12.9. The zero-order chi connectivity index (χ0) is 21.8. The minimum Gasteiger partial charge on any atom is -0.508 e. The smallest absolute Gasteiger partial charge is 0.333 e. The van der Waals surface area contributed by atoms with E-state index in [9.17, 15) is 18.7 Å². The van der Waals surface area contributed by atoms with E-state index in [1.54, 1.807) is 12.1 Å². The van der Waals surface area contributed by atoms with Gasteiger partial charge in [0.1, 0.15) is 12.4 Å². The van der Waals surface area contributed by atoms with Crippen LogP contribution in [0.25, 0.3) is 11.1 Å². The summed E-state index contributed by atoms with van der Waals surface area (Å²) in [5.41, 5.74) is 1.05. The van der Waals surface area contributed by atoms with Crippen LogP contribution < -0.4 is 5.19 Å². The Balaban J connectivity index is 2.38. The molecule has 0 aromatic heterocycles. The normalized spacial score (nSPS) is 11.4. The Bertz CT molecular complexity index is 923. The molecule has 3 nitrogen and oxygen atoms in total. The minimum absolute atomic E-state index is 0.0890. The van der Waals surface area contributed by atoms with Crippen LogP contribution in [0.2, 0.25) is 19.1 Å². The van der Waals surface area contributed by atoms with Crippen LogP contribution in [-0.4, -0.2) is 19.1 Å². The first kappa shape index (κ1) is 22.8. The van der Waals surface area contributed by atoms with Crippen molar-refractivity contribution in [2.45, 2.75) is 52.4 Å². The quantitative estimate of drug-likeness (QED) is 0.341. The van der Waals surface area contributed by atoms with Gasteiger partial charge in [0.15, 0.2) is 11.6 Å². The average molecular weight is 419 g/mol. The Kier molecular flexibility index (Phi) is 7.35. The van der Waals surface area contributed by atoms with Crippen molar-refractivity contribution in [3.05, 3.63) is 59.7 Å². The number of phenolic OH excluding ortho intramolecular Hbond substituents is 1. The van der Waals surface area contributed by atoms with Gasteiger partial charge in [-0.05, 0) is 29.8 Å². The molecule has 0 fully saturated rings. The maximum atomic E-state index is 14.9. The predicted molar refractivity (Wildman–Crippen MR) is 115 cm³/mol. The molecule has 0 radical (unpaired) electrons. The fraction of sp³-hybridized carbons (Fsp3) is 0.348. The lowest BCUT2D eigenvalue weighted by atomic mass is 10.0. The van der Waals surface area contributed by atoms with Crippen molar-refractivity contribution in [1.29, 1.82) is 0 Å². The number of ether oxygens (including phenoxy) is 1. The topological polar surface area (TPSA) is 46.5 Å². The number of esters is 1. The summed E-state index contributed by atoms with van der Waals surface area (Å²) in [6.45, 7) is 11.0. The second-order valence-corrected chi connectivity index (χ2v) is 12.8. The molecule has 29 heavy (non-hydrogen) atoms. The van der Waals surface area contributed by atoms with E-state index in [0.29, 0.717) is 16.3 Å². The molecule has 0 atom stereocenters. The van der Waals surface area contributed by atoms with Crippen molar-refractivity contribution in [1.82, 2.24) is 0 Å². The number of halogens is 2. The van der Waals surface area contributed by atoms with Crippen molar-refractivity contribution in [3.63, 3.8) is 0 Å². The van der Waals surface area contributed by atoms with Gasteiger partial charge in [-0.3, -0.25) is 0 Å². The predicted octanol–water partition coefficient (Wildman–Crippen LogP) is 5.67. The highest BCUT2D eigenvalue weighted by Gasteiger charge is 2.29.